The van der Waals surface area contributed by atoms with Crippen LogP contribution in [0.3, 0.4) is 0 Å². The summed E-state index contributed by atoms with van der Waals surface area (Å²) in [5.74, 6) is 0.299. The molecule has 0 unspecified atom stereocenters. The highest BCUT2D eigenvalue weighted by Crippen LogP contribution is 2.47. The Hall–Kier alpha value is -0.770. The molecule has 4 rings (SSSR count). The van der Waals surface area contributed by atoms with Crippen molar-refractivity contribution >= 4 is 29.1 Å². The normalized spacial score (nSPS) is 24.8. The molecule has 1 spiro atoms. The largest absolute Gasteiger partial charge is 0.342 e. The van der Waals surface area contributed by atoms with Gasteiger partial charge in [-0.1, -0.05) is 35.7 Å². The van der Waals surface area contributed by atoms with Gasteiger partial charge in [-0.05, 0) is 61.8 Å². The summed E-state index contributed by atoms with van der Waals surface area (Å²) < 4.78 is 0. The van der Waals surface area contributed by atoms with Crippen molar-refractivity contribution in [1.82, 2.24) is 10.2 Å². The third kappa shape index (κ3) is 2.65. The fraction of sp³-hybridized carbons (Fsp3) is 0.632. The lowest BCUT2D eigenvalue weighted by molar-refractivity contribution is -0.143. The summed E-state index contributed by atoms with van der Waals surface area (Å²) in [7, 11) is 0. The second-order valence-corrected chi connectivity index (χ2v) is 8.60. The molecule has 0 atom stereocenters. The Bertz CT molecular complexity index is 641. The lowest BCUT2D eigenvalue weighted by Crippen LogP contribution is -2.54. The third-order valence-corrected chi connectivity index (χ3v) is 7.27. The van der Waals surface area contributed by atoms with Gasteiger partial charge in [0.1, 0.15) is 0 Å². The number of likely N-dealkylation sites (tertiary alicyclic amines) is 1. The average Bonchev–Trinajstić information content (AvgIpc) is 2.98. The van der Waals surface area contributed by atoms with Crippen molar-refractivity contribution in [3.8, 4) is 0 Å². The third-order valence-electron chi connectivity index (χ3n) is 6.53. The summed E-state index contributed by atoms with van der Waals surface area (Å²) in [5, 5.41) is 4.58. The van der Waals surface area contributed by atoms with Crippen molar-refractivity contribution in [2.24, 2.45) is 5.41 Å². The van der Waals surface area contributed by atoms with Crippen molar-refractivity contribution in [3.05, 3.63) is 33.8 Å². The van der Waals surface area contributed by atoms with Crippen LogP contribution >= 0.6 is 23.2 Å². The number of nitrogens with one attached hydrogen (secondary N) is 1. The van der Waals surface area contributed by atoms with E-state index >= 15 is 0 Å². The number of piperidine rings is 1. The monoisotopic (exact) mass is 366 g/mol. The van der Waals surface area contributed by atoms with Crippen LogP contribution < -0.4 is 5.32 Å². The Balaban J connectivity index is 1.53. The van der Waals surface area contributed by atoms with Crippen LogP contribution in [0.25, 0.3) is 0 Å². The lowest BCUT2D eigenvalue weighted by atomic mass is 9.63. The minimum absolute atomic E-state index is 0.299. The van der Waals surface area contributed by atoms with Gasteiger partial charge in [0.25, 0.3) is 0 Å². The number of benzene rings is 1. The number of halogens is 2. The summed E-state index contributed by atoms with van der Waals surface area (Å²) in [4.78, 5) is 15.4. The van der Waals surface area contributed by atoms with Crippen LogP contribution in [0.1, 0.15) is 44.1 Å². The van der Waals surface area contributed by atoms with Crippen molar-refractivity contribution in [2.45, 2.75) is 43.9 Å². The molecule has 1 aromatic carbocycles. The van der Waals surface area contributed by atoms with E-state index in [-0.39, 0.29) is 5.41 Å². The van der Waals surface area contributed by atoms with E-state index in [0.717, 1.165) is 63.8 Å². The molecule has 0 aromatic heterocycles. The first-order valence-electron chi connectivity index (χ1n) is 9.00. The number of nitrogens with zero attached hydrogens (tertiary/aromatic N) is 1. The zero-order chi connectivity index (χ0) is 16.8. The van der Waals surface area contributed by atoms with Gasteiger partial charge in [0.05, 0.1) is 15.5 Å². The highest BCUT2D eigenvalue weighted by atomic mass is 35.5. The van der Waals surface area contributed by atoms with Crippen LogP contribution in [-0.4, -0.2) is 37.0 Å². The molecule has 1 saturated carbocycles. The SMILES string of the molecule is O=C(N1CCC2(CCNC2)CC1)C1(c2ccc(Cl)c(Cl)c2)CCC1. The predicted octanol–water partition coefficient (Wildman–Crippen LogP) is 4.02. The number of carbonyl (C=O) groups is 1. The first kappa shape index (κ1) is 16.7. The molecule has 0 bridgehead atoms. The Morgan fingerprint density at radius 1 is 1.04 bits per heavy atom. The predicted molar refractivity (Wildman–Crippen MR) is 97.7 cm³/mol. The maximum absolute atomic E-state index is 13.3. The molecule has 1 N–H and O–H groups in total. The smallest absolute Gasteiger partial charge is 0.233 e. The molecular formula is C19H24Cl2N2O. The van der Waals surface area contributed by atoms with E-state index in [1.165, 1.54) is 6.42 Å². The molecule has 2 saturated heterocycles. The molecule has 5 heteroatoms. The second-order valence-electron chi connectivity index (χ2n) is 7.78. The van der Waals surface area contributed by atoms with E-state index < -0.39 is 0 Å². The Morgan fingerprint density at radius 3 is 2.33 bits per heavy atom. The molecule has 1 amide bonds. The van der Waals surface area contributed by atoms with Crippen LogP contribution in [0.15, 0.2) is 18.2 Å². The van der Waals surface area contributed by atoms with Gasteiger partial charge in [-0.15, -0.1) is 0 Å². The lowest BCUT2D eigenvalue weighted by Gasteiger charge is -2.47. The van der Waals surface area contributed by atoms with Crippen molar-refractivity contribution in [2.75, 3.05) is 26.2 Å². The van der Waals surface area contributed by atoms with E-state index in [1.807, 2.05) is 18.2 Å². The highest BCUT2D eigenvalue weighted by molar-refractivity contribution is 6.42. The summed E-state index contributed by atoms with van der Waals surface area (Å²) in [5.41, 5.74) is 1.11. The summed E-state index contributed by atoms with van der Waals surface area (Å²) >= 11 is 12.3. The van der Waals surface area contributed by atoms with Crippen LogP contribution in [0.2, 0.25) is 10.0 Å². The second kappa shape index (κ2) is 6.19. The maximum atomic E-state index is 13.3. The summed E-state index contributed by atoms with van der Waals surface area (Å²) in [6.07, 6.45) is 6.47. The topological polar surface area (TPSA) is 32.3 Å². The zero-order valence-electron chi connectivity index (χ0n) is 13.9. The van der Waals surface area contributed by atoms with Gasteiger partial charge < -0.3 is 10.2 Å². The zero-order valence-corrected chi connectivity index (χ0v) is 15.4. The standard InChI is InChI=1S/C19H24Cl2N2O/c20-15-3-2-14(12-16(15)21)19(4-1-5-19)17(24)23-10-7-18(8-11-23)6-9-22-13-18/h2-3,12,22H,1,4-11,13H2. The fourth-order valence-corrected chi connectivity index (χ4v) is 4.96. The van der Waals surface area contributed by atoms with Crippen molar-refractivity contribution in [1.29, 1.82) is 0 Å². The van der Waals surface area contributed by atoms with Gasteiger partial charge in [0, 0.05) is 19.6 Å². The van der Waals surface area contributed by atoms with Gasteiger partial charge in [0.15, 0.2) is 0 Å². The number of rotatable bonds is 2. The fourth-order valence-electron chi connectivity index (χ4n) is 4.66. The van der Waals surface area contributed by atoms with E-state index in [2.05, 4.69) is 10.2 Å². The number of hydrogen-bond donors (Lipinski definition) is 1. The minimum Gasteiger partial charge on any atom is -0.342 e. The van der Waals surface area contributed by atoms with Gasteiger partial charge in [-0.2, -0.15) is 0 Å². The molecule has 3 nitrogen and oxygen atoms in total. The number of amides is 1. The average molecular weight is 367 g/mol. The number of hydrogen-bond acceptors (Lipinski definition) is 2. The molecule has 3 fully saturated rings. The maximum Gasteiger partial charge on any atom is 0.233 e. The molecule has 1 aliphatic carbocycles. The molecule has 24 heavy (non-hydrogen) atoms. The Morgan fingerprint density at radius 2 is 1.79 bits per heavy atom. The first-order valence-corrected chi connectivity index (χ1v) is 9.76. The summed E-state index contributed by atoms with van der Waals surface area (Å²) in [6.45, 7) is 4.03. The van der Waals surface area contributed by atoms with Crippen LogP contribution in [-0.2, 0) is 10.2 Å². The van der Waals surface area contributed by atoms with Gasteiger partial charge >= 0.3 is 0 Å². The van der Waals surface area contributed by atoms with E-state index in [0.29, 0.717) is 21.4 Å². The molecular weight excluding hydrogens is 343 g/mol. The van der Waals surface area contributed by atoms with E-state index in [4.69, 9.17) is 23.2 Å². The molecule has 0 radical (unpaired) electrons. The van der Waals surface area contributed by atoms with Crippen LogP contribution in [0.4, 0.5) is 0 Å². The Labute approximate surface area is 153 Å². The van der Waals surface area contributed by atoms with Gasteiger partial charge in [0.2, 0.25) is 5.91 Å². The van der Waals surface area contributed by atoms with Crippen molar-refractivity contribution in [3.63, 3.8) is 0 Å². The minimum atomic E-state index is -0.368. The molecule has 1 aromatic rings. The molecule has 130 valence electrons. The van der Waals surface area contributed by atoms with Gasteiger partial charge in [-0.25, -0.2) is 0 Å². The quantitative estimate of drug-likeness (QED) is 0.857. The molecule has 2 aliphatic heterocycles. The van der Waals surface area contributed by atoms with Crippen LogP contribution in [0.5, 0.6) is 0 Å². The van der Waals surface area contributed by atoms with E-state index in [1.54, 1.807) is 0 Å². The van der Waals surface area contributed by atoms with Crippen molar-refractivity contribution < 1.29 is 4.79 Å². The summed E-state index contributed by atoms with van der Waals surface area (Å²) in [6, 6.07) is 5.70. The first-order chi connectivity index (χ1) is 11.5. The molecule has 3 aliphatic rings. The molecule has 2 heterocycles. The van der Waals surface area contributed by atoms with E-state index in [9.17, 15) is 4.79 Å². The number of carbonyl (C=O) groups excluding carboxylic acids is 1. The highest BCUT2D eigenvalue weighted by Gasteiger charge is 2.49. The van der Waals surface area contributed by atoms with Crippen LogP contribution in [0, 0.1) is 5.41 Å². The van der Waals surface area contributed by atoms with Gasteiger partial charge in [-0.3, -0.25) is 4.79 Å². The Kier molecular flexibility index (Phi) is 4.30.